The molecule has 0 aliphatic carbocycles. The van der Waals surface area contributed by atoms with Crippen LogP contribution >= 0.6 is 0 Å². The van der Waals surface area contributed by atoms with E-state index in [1.165, 1.54) is 0 Å². The van der Waals surface area contributed by atoms with Crippen molar-refractivity contribution >= 4 is 5.78 Å². The number of carbonyl (C=O) groups excluding carboxylic acids is 1. The molecule has 0 radical (unpaired) electrons. The topological polar surface area (TPSA) is 81.8 Å². The minimum absolute atomic E-state index is 0.00676. The van der Waals surface area contributed by atoms with Gasteiger partial charge in [-0.25, -0.2) is 4.39 Å². The number of rotatable bonds is 3. The lowest BCUT2D eigenvalue weighted by atomic mass is 10.0. The molecule has 1 aliphatic heterocycles. The first kappa shape index (κ1) is 10.7. The lowest BCUT2D eigenvalue weighted by Gasteiger charge is -2.07. The predicted molar refractivity (Wildman–Crippen MR) is 52.2 cm³/mol. The number of aromatic hydroxyl groups is 1. The molecule has 0 bridgehead atoms. The summed E-state index contributed by atoms with van der Waals surface area (Å²) in [6.45, 7) is 0.0194. The number of ether oxygens (including phenoxy) is 2. The van der Waals surface area contributed by atoms with Crippen LogP contribution in [-0.4, -0.2) is 24.2 Å². The fourth-order valence-electron chi connectivity index (χ4n) is 1.52. The number of Topliss-reactive ketones (excluding diaryl/α,β-unsaturated/α-hetero) is 1. The number of fused-ring (bicyclic) bond motifs is 1. The Morgan fingerprint density at radius 1 is 1.56 bits per heavy atom. The molecule has 1 aromatic rings. The highest BCUT2D eigenvalue weighted by Crippen LogP contribution is 2.42. The molecule has 1 heterocycles. The molecule has 86 valence electrons. The van der Waals surface area contributed by atoms with Crippen LogP contribution in [0.2, 0.25) is 0 Å². The van der Waals surface area contributed by atoms with Gasteiger partial charge in [0.1, 0.15) is 5.56 Å². The van der Waals surface area contributed by atoms with Crippen LogP contribution in [0.15, 0.2) is 6.07 Å². The first-order valence-corrected chi connectivity index (χ1v) is 4.69. The molecule has 1 aliphatic rings. The molecule has 0 saturated carbocycles. The Labute approximate surface area is 90.6 Å². The molecule has 2 rings (SSSR count). The standard InChI is InChI=1S/C10H10FNO4/c11-5-3-7-10(16-4-15-7)8(9(5)14)6(13)1-2-12/h3,14H,1-2,4,12H2. The maximum absolute atomic E-state index is 13.3. The number of hydrogen-bond donors (Lipinski definition) is 2. The molecule has 0 saturated heterocycles. The maximum atomic E-state index is 13.3. The largest absolute Gasteiger partial charge is 0.504 e. The van der Waals surface area contributed by atoms with Gasteiger partial charge in [0.15, 0.2) is 28.8 Å². The zero-order chi connectivity index (χ0) is 11.7. The summed E-state index contributed by atoms with van der Waals surface area (Å²) in [5, 5.41) is 9.49. The Kier molecular flexibility index (Phi) is 2.66. The van der Waals surface area contributed by atoms with Gasteiger partial charge in [0.25, 0.3) is 0 Å². The Hall–Kier alpha value is -1.82. The van der Waals surface area contributed by atoms with Crippen LogP contribution in [0.1, 0.15) is 16.8 Å². The number of benzene rings is 1. The highest BCUT2D eigenvalue weighted by atomic mass is 19.1. The summed E-state index contributed by atoms with van der Waals surface area (Å²) in [6, 6.07) is 0.983. The van der Waals surface area contributed by atoms with Crippen LogP contribution in [-0.2, 0) is 0 Å². The van der Waals surface area contributed by atoms with Gasteiger partial charge in [-0.05, 0) is 6.54 Å². The smallest absolute Gasteiger partial charge is 0.231 e. The van der Waals surface area contributed by atoms with Gasteiger partial charge in [-0.3, -0.25) is 4.79 Å². The van der Waals surface area contributed by atoms with Crippen LogP contribution in [0.5, 0.6) is 17.2 Å². The van der Waals surface area contributed by atoms with Gasteiger partial charge in [0.2, 0.25) is 6.79 Å². The number of halogens is 1. The van der Waals surface area contributed by atoms with Gasteiger partial charge in [0.05, 0.1) is 0 Å². The Balaban J connectivity index is 2.54. The van der Waals surface area contributed by atoms with E-state index in [2.05, 4.69) is 0 Å². The van der Waals surface area contributed by atoms with Gasteiger partial charge in [0, 0.05) is 12.5 Å². The summed E-state index contributed by atoms with van der Waals surface area (Å²) in [5.74, 6) is -1.90. The Morgan fingerprint density at radius 2 is 2.31 bits per heavy atom. The molecule has 0 unspecified atom stereocenters. The van der Waals surface area contributed by atoms with Crippen LogP contribution in [0.25, 0.3) is 0 Å². The molecule has 0 fully saturated rings. The molecule has 5 nitrogen and oxygen atoms in total. The van der Waals surface area contributed by atoms with E-state index in [9.17, 15) is 14.3 Å². The van der Waals surface area contributed by atoms with E-state index in [1.807, 2.05) is 0 Å². The second-order valence-corrected chi connectivity index (χ2v) is 3.28. The van der Waals surface area contributed by atoms with Crippen molar-refractivity contribution < 1.29 is 23.8 Å². The molecule has 0 amide bonds. The van der Waals surface area contributed by atoms with E-state index in [4.69, 9.17) is 15.2 Å². The van der Waals surface area contributed by atoms with Crippen molar-refractivity contribution in [3.63, 3.8) is 0 Å². The maximum Gasteiger partial charge on any atom is 0.231 e. The minimum Gasteiger partial charge on any atom is -0.504 e. The van der Waals surface area contributed by atoms with Crippen molar-refractivity contribution in [2.75, 3.05) is 13.3 Å². The normalized spacial score (nSPS) is 12.9. The summed E-state index contributed by atoms with van der Waals surface area (Å²) in [5.41, 5.74) is 5.04. The van der Waals surface area contributed by atoms with E-state index in [0.29, 0.717) is 0 Å². The summed E-state index contributed by atoms with van der Waals surface area (Å²) in [6.07, 6.45) is 0.00676. The molecule has 6 heteroatoms. The molecule has 16 heavy (non-hydrogen) atoms. The number of nitrogens with two attached hydrogens (primary N) is 1. The van der Waals surface area contributed by atoms with E-state index < -0.39 is 17.3 Å². The number of phenolic OH excluding ortho intramolecular Hbond substituents is 1. The molecule has 0 atom stereocenters. The quantitative estimate of drug-likeness (QED) is 0.746. The van der Waals surface area contributed by atoms with Gasteiger partial charge < -0.3 is 20.3 Å². The van der Waals surface area contributed by atoms with Crippen molar-refractivity contribution in [1.82, 2.24) is 0 Å². The van der Waals surface area contributed by atoms with Gasteiger partial charge >= 0.3 is 0 Å². The zero-order valence-electron chi connectivity index (χ0n) is 8.33. The number of hydrogen-bond acceptors (Lipinski definition) is 5. The third kappa shape index (κ3) is 1.57. The van der Waals surface area contributed by atoms with Gasteiger partial charge in [-0.15, -0.1) is 0 Å². The summed E-state index contributed by atoms with van der Waals surface area (Å²) in [7, 11) is 0. The minimum atomic E-state index is -0.912. The Bertz CT molecular complexity index is 447. The third-order valence-electron chi connectivity index (χ3n) is 2.24. The fourth-order valence-corrected chi connectivity index (χ4v) is 1.52. The average molecular weight is 227 g/mol. The number of phenols is 1. The van der Waals surface area contributed by atoms with Crippen LogP contribution in [0, 0.1) is 5.82 Å². The van der Waals surface area contributed by atoms with E-state index in [-0.39, 0.29) is 36.8 Å². The van der Waals surface area contributed by atoms with E-state index >= 15 is 0 Å². The third-order valence-corrected chi connectivity index (χ3v) is 2.24. The Morgan fingerprint density at radius 3 is 3.00 bits per heavy atom. The van der Waals surface area contributed by atoms with Crippen molar-refractivity contribution in [3.8, 4) is 17.2 Å². The van der Waals surface area contributed by atoms with Crippen LogP contribution in [0.3, 0.4) is 0 Å². The van der Waals surface area contributed by atoms with E-state index in [0.717, 1.165) is 6.07 Å². The second-order valence-electron chi connectivity index (χ2n) is 3.28. The highest BCUT2D eigenvalue weighted by molar-refractivity contribution is 6.02. The van der Waals surface area contributed by atoms with Crippen molar-refractivity contribution in [3.05, 3.63) is 17.4 Å². The number of carbonyl (C=O) groups is 1. The molecular weight excluding hydrogens is 217 g/mol. The first-order valence-electron chi connectivity index (χ1n) is 4.69. The van der Waals surface area contributed by atoms with Gasteiger partial charge in [-0.2, -0.15) is 0 Å². The fraction of sp³-hybridized carbons (Fsp3) is 0.300. The van der Waals surface area contributed by atoms with Gasteiger partial charge in [-0.1, -0.05) is 0 Å². The molecular formula is C10H10FNO4. The molecule has 0 spiro atoms. The lowest BCUT2D eigenvalue weighted by molar-refractivity contribution is 0.0977. The van der Waals surface area contributed by atoms with Crippen molar-refractivity contribution in [2.45, 2.75) is 6.42 Å². The molecule has 3 N–H and O–H groups in total. The summed E-state index contributed by atoms with van der Waals surface area (Å²) < 4.78 is 23.2. The summed E-state index contributed by atoms with van der Waals surface area (Å²) >= 11 is 0. The van der Waals surface area contributed by atoms with Crippen LogP contribution in [0.4, 0.5) is 4.39 Å². The van der Waals surface area contributed by atoms with Crippen molar-refractivity contribution in [1.29, 1.82) is 0 Å². The monoisotopic (exact) mass is 227 g/mol. The number of ketones is 1. The predicted octanol–water partition coefficient (Wildman–Crippen LogP) is 0.792. The van der Waals surface area contributed by atoms with Crippen LogP contribution < -0.4 is 15.2 Å². The first-order chi connectivity index (χ1) is 7.65. The average Bonchev–Trinajstić information content (AvgIpc) is 2.67. The second kappa shape index (κ2) is 3.97. The van der Waals surface area contributed by atoms with E-state index in [1.54, 1.807) is 0 Å². The summed E-state index contributed by atoms with van der Waals surface area (Å²) in [4.78, 5) is 11.6. The molecule has 0 aromatic heterocycles. The molecule has 1 aromatic carbocycles. The van der Waals surface area contributed by atoms with Crippen molar-refractivity contribution in [2.24, 2.45) is 5.73 Å². The lowest BCUT2D eigenvalue weighted by Crippen LogP contribution is -2.09. The SMILES string of the molecule is NCCC(=O)c1c(O)c(F)cc2c1OCO2. The highest BCUT2D eigenvalue weighted by Gasteiger charge is 2.28. The zero-order valence-corrected chi connectivity index (χ0v) is 8.33.